The number of rotatable bonds is 2. The van der Waals surface area contributed by atoms with Crippen LogP contribution in [0, 0.1) is 0 Å². The quantitative estimate of drug-likeness (QED) is 0.592. The fourth-order valence-electron chi connectivity index (χ4n) is 1.31. The molecule has 0 radical (unpaired) electrons. The monoisotopic (exact) mass is 274 g/mol. The highest BCUT2D eigenvalue weighted by Gasteiger charge is 2.73. The summed E-state index contributed by atoms with van der Waals surface area (Å²) in [5.74, 6) is 0. The Bertz CT molecular complexity index is 432. The van der Waals surface area contributed by atoms with Crippen LogP contribution in [0.5, 0.6) is 0 Å². The van der Waals surface area contributed by atoms with Gasteiger partial charge in [-0.2, -0.15) is 26.3 Å². The van der Waals surface area contributed by atoms with Crippen molar-refractivity contribution in [3.63, 3.8) is 0 Å². The molecule has 1 rings (SSSR count). The van der Waals surface area contributed by atoms with E-state index in [0.717, 1.165) is 12.1 Å². The Morgan fingerprint density at radius 3 is 1.78 bits per heavy atom. The van der Waals surface area contributed by atoms with Gasteiger partial charge in [-0.15, -0.1) is 0 Å². The van der Waals surface area contributed by atoms with Gasteiger partial charge in [0.05, 0.1) is 0 Å². The first-order valence-corrected chi connectivity index (χ1v) is 4.42. The molecule has 100 valence electrons. The van der Waals surface area contributed by atoms with Crippen molar-refractivity contribution in [2.45, 2.75) is 18.0 Å². The van der Waals surface area contributed by atoms with E-state index >= 15 is 0 Å². The first-order chi connectivity index (χ1) is 8.04. The van der Waals surface area contributed by atoms with E-state index in [-0.39, 0.29) is 12.4 Å². The third-order valence-corrected chi connectivity index (χ3v) is 2.20. The molecule has 0 aromatic heterocycles. The molecule has 1 aromatic carbocycles. The molecule has 0 bridgehead atoms. The Morgan fingerprint density at radius 2 is 1.39 bits per heavy atom. The lowest BCUT2D eigenvalue weighted by molar-refractivity contribution is -0.348. The van der Waals surface area contributed by atoms with Gasteiger partial charge < -0.3 is 0 Å². The minimum atomic E-state index is -6.17. The summed E-state index contributed by atoms with van der Waals surface area (Å²) in [6.07, 6.45) is -12.3. The summed E-state index contributed by atoms with van der Waals surface area (Å²) in [6.45, 7) is 0. The van der Waals surface area contributed by atoms with Crippen LogP contribution in [0.15, 0.2) is 24.3 Å². The SMILES string of the molecule is O=Cc1cccc(C(F)(C(F)(F)F)C(F)(F)F)c1. The topological polar surface area (TPSA) is 17.1 Å². The van der Waals surface area contributed by atoms with E-state index < -0.39 is 29.1 Å². The number of alkyl halides is 7. The van der Waals surface area contributed by atoms with Crippen molar-refractivity contribution >= 4 is 6.29 Å². The first kappa shape index (κ1) is 14.5. The van der Waals surface area contributed by atoms with Crippen LogP contribution in [0.25, 0.3) is 0 Å². The number of benzene rings is 1. The van der Waals surface area contributed by atoms with Crippen LogP contribution >= 0.6 is 0 Å². The minimum Gasteiger partial charge on any atom is -0.298 e. The summed E-state index contributed by atoms with van der Waals surface area (Å²) in [5.41, 5.74) is -7.66. The molecule has 0 spiro atoms. The summed E-state index contributed by atoms with van der Waals surface area (Å²) < 4.78 is 87.5. The summed E-state index contributed by atoms with van der Waals surface area (Å²) in [7, 11) is 0. The van der Waals surface area contributed by atoms with Crippen molar-refractivity contribution in [3.8, 4) is 0 Å². The molecule has 18 heavy (non-hydrogen) atoms. The van der Waals surface area contributed by atoms with Crippen LogP contribution in [-0.2, 0) is 5.67 Å². The molecule has 0 amide bonds. The van der Waals surface area contributed by atoms with Gasteiger partial charge in [0.15, 0.2) is 0 Å². The van der Waals surface area contributed by atoms with Crippen molar-refractivity contribution in [1.82, 2.24) is 0 Å². The maximum absolute atomic E-state index is 13.5. The van der Waals surface area contributed by atoms with Gasteiger partial charge >= 0.3 is 18.0 Å². The van der Waals surface area contributed by atoms with E-state index in [4.69, 9.17) is 0 Å². The minimum absolute atomic E-state index is 0.0245. The number of hydrogen-bond acceptors (Lipinski definition) is 1. The van der Waals surface area contributed by atoms with Gasteiger partial charge in [0.25, 0.3) is 0 Å². The highest BCUT2D eigenvalue weighted by atomic mass is 19.4. The van der Waals surface area contributed by atoms with Crippen molar-refractivity contribution in [2.75, 3.05) is 0 Å². The Morgan fingerprint density at radius 1 is 0.889 bits per heavy atom. The normalized spacial score (nSPS) is 13.5. The molecule has 0 saturated carbocycles. The van der Waals surface area contributed by atoms with E-state index in [1.54, 1.807) is 0 Å². The van der Waals surface area contributed by atoms with Crippen LogP contribution in [-0.4, -0.2) is 18.6 Å². The van der Waals surface area contributed by atoms with E-state index in [2.05, 4.69) is 0 Å². The summed E-state index contributed by atoms with van der Waals surface area (Å²) in [6, 6.07) is 2.25. The summed E-state index contributed by atoms with van der Waals surface area (Å²) in [5, 5.41) is 0. The fourth-order valence-corrected chi connectivity index (χ4v) is 1.31. The number of aldehydes is 1. The highest BCUT2D eigenvalue weighted by Crippen LogP contribution is 2.53. The number of carbonyl (C=O) groups excluding carboxylic acids is 1. The average molecular weight is 274 g/mol. The maximum atomic E-state index is 13.5. The third-order valence-electron chi connectivity index (χ3n) is 2.20. The number of carbonyl (C=O) groups is 1. The van der Waals surface area contributed by atoms with Crippen molar-refractivity contribution in [3.05, 3.63) is 35.4 Å². The molecule has 0 aliphatic carbocycles. The Balaban J connectivity index is 3.50. The van der Waals surface area contributed by atoms with Crippen molar-refractivity contribution < 1.29 is 35.5 Å². The molecule has 0 saturated heterocycles. The van der Waals surface area contributed by atoms with Crippen LogP contribution in [0.1, 0.15) is 15.9 Å². The second kappa shape index (κ2) is 4.25. The second-order valence-corrected chi connectivity index (χ2v) is 3.40. The molecule has 0 N–H and O–H groups in total. The van der Waals surface area contributed by atoms with Crippen LogP contribution in [0.2, 0.25) is 0 Å². The van der Waals surface area contributed by atoms with Gasteiger partial charge in [0.2, 0.25) is 0 Å². The van der Waals surface area contributed by atoms with Gasteiger partial charge in [0, 0.05) is 11.1 Å². The van der Waals surface area contributed by atoms with E-state index in [0.29, 0.717) is 6.07 Å². The fraction of sp³-hybridized carbons (Fsp3) is 0.300. The standard InChI is InChI=1S/C10H5F7O/c11-8(9(12,13)14,10(15,16)17)7-3-1-2-6(4-7)5-18/h1-5H. The lowest BCUT2D eigenvalue weighted by Gasteiger charge is -2.30. The zero-order valence-electron chi connectivity index (χ0n) is 8.44. The average Bonchev–Trinajstić information content (AvgIpc) is 2.25. The zero-order valence-corrected chi connectivity index (χ0v) is 8.44. The Kier molecular flexibility index (Phi) is 3.42. The summed E-state index contributed by atoms with van der Waals surface area (Å²) >= 11 is 0. The molecule has 0 atom stereocenters. The molecule has 1 nitrogen and oxygen atoms in total. The molecule has 0 fully saturated rings. The first-order valence-electron chi connectivity index (χ1n) is 4.42. The summed E-state index contributed by atoms with van der Waals surface area (Å²) in [4.78, 5) is 10.3. The van der Waals surface area contributed by atoms with Crippen LogP contribution < -0.4 is 0 Å². The van der Waals surface area contributed by atoms with Gasteiger partial charge in [-0.3, -0.25) is 4.79 Å². The Labute approximate surface area is 96.2 Å². The van der Waals surface area contributed by atoms with Gasteiger partial charge in [-0.25, -0.2) is 4.39 Å². The molecule has 8 heteroatoms. The second-order valence-electron chi connectivity index (χ2n) is 3.40. The number of halogens is 7. The van der Waals surface area contributed by atoms with E-state index in [9.17, 15) is 35.5 Å². The molecule has 0 aliphatic rings. The number of hydrogen-bond donors (Lipinski definition) is 0. The predicted molar refractivity (Wildman–Crippen MR) is 46.7 cm³/mol. The molecule has 0 unspecified atom stereocenters. The predicted octanol–water partition coefficient (Wildman–Crippen LogP) is 3.79. The largest absolute Gasteiger partial charge is 0.435 e. The lowest BCUT2D eigenvalue weighted by Crippen LogP contribution is -2.50. The Hall–Kier alpha value is -1.60. The molecular formula is C10H5F7O. The van der Waals surface area contributed by atoms with Gasteiger partial charge in [-0.05, 0) is 6.07 Å². The van der Waals surface area contributed by atoms with E-state index in [1.165, 1.54) is 0 Å². The molecule has 0 aliphatic heterocycles. The van der Waals surface area contributed by atoms with E-state index in [1.807, 2.05) is 0 Å². The lowest BCUT2D eigenvalue weighted by atomic mass is 9.93. The molecule has 1 aromatic rings. The van der Waals surface area contributed by atoms with Crippen LogP contribution in [0.3, 0.4) is 0 Å². The zero-order chi connectivity index (χ0) is 14.2. The van der Waals surface area contributed by atoms with Gasteiger partial charge in [-0.1, -0.05) is 18.2 Å². The van der Waals surface area contributed by atoms with Gasteiger partial charge in [0.1, 0.15) is 6.29 Å². The molecular weight excluding hydrogens is 269 g/mol. The highest BCUT2D eigenvalue weighted by molar-refractivity contribution is 5.75. The van der Waals surface area contributed by atoms with Crippen molar-refractivity contribution in [1.29, 1.82) is 0 Å². The third kappa shape index (κ3) is 2.19. The molecule has 0 heterocycles. The smallest absolute Gasteiger partial charge is 0.298 e. The van der Waals surface area contributed by atoms with Crippen molar-refractivity contribution in [2.24, 2.45) is 0 Å². The maximum Gasteiger partial charge on any atom is 0.435 e. The van der Waals surface area contributed by atoms with Crippen LogP contribution in [0.4, 0.5) is 30.7 Å².